The van der Waals surface area contributed by atoms with Crippen molar-refractivity contribution >= 4 is 23.3 Å². The summed E-state index contributed by atoms with van der Waals surface area (Å²) in [4.78, 5) is 39.4. The van der Waals surface area contributed by atoms with Gasteiger partial charge in [-0.2, -0.15) is 26.3 Å². The zero-order chi connectivity index (χ0) is 25.1. The minimum Gasteiger partial charge on any atom is -0.456 e. The van der Waals surface area contributed by atoms with Crippen molar-refractivity contribution < 1.29 is 50.3 Å². The predicted octanol–water partition coefficient (Wildman–Crippen LogP) is 4.25. The monoisotopic (exact) mass is 482 g/mol. The van der Waals surface area contributed by atoms with Gasteiger partial charge < -0.3 is 9.47 Å². The zero-order valence-electron chi connectivity index (χ0n) is 17.0. The molecule has 1 aliphatic heterocycles. The smallest absolute Gasteiger partial charge is 0.422 e. The highest BCUT2D eigenvalue weighted by Crippen LogP contribution is 2.41. The van der Waals surface area contributed by atoms with Crippen LogP contribution in [-0.2, 0) is 19.1 Å². The van der Waals surface area contributed by atoms with Gasteiger partial charge in [0.15, 0.2) is 13.2 Å². The Morgan fingerprint density at radius 3 is 2.18 bits per heavy atom. The van der Waals surface area contributed by atoms with E-state index in [0.29, 0.717) is 0 Å². The fourth-order valence-electron chi connectivity index (χ4n) is 3.27. The van der Waals surface area contributed by atoms with Crippen molar-refractivity contribution in [2.45, 2.75) is 32.1 Å². The summed E-state index contributed by atoms with van der Waals surface area (Å²) in [6.07, 6.45) is -9.76. The molecular formula is C19H16F6N2O6. The molecule has 2 unspecified atom stereocenters. The van der Waals surface area contributed by atoms with E-state index in [1.165, 1.54) is 26.0 Å². The Morgan fingerprint density at radius 2 is 1.64 bits per heavy atom. The van der Waals surface area contributed by atoms with Gasteiger partial charge in [-0.3, -0.25) is 19.9 Å². The number of nitrogens with zero attached hydrogens (tertiary/aromatic N) is 2. The van der Waals surface area contributed by atoms with Crippen LogP contribution in [0.25, 0.3) is 0 Å². The highest BCUT2D eigenvalue weighted by molar-refractivity contribution is 6.07. The lowest BCUT2D eigenvalue weighted by molar-refractivity contribution is -0.384. The third-order valence-electron chi connectivity index (χ3n) is 4.49. The number of aliphatic imine (C=N–C) groups is 1. The van der Waals surface area contributed by atoms with E-state index in [1.54, 1.807) is 0 Å². The van der Waals surface area contributed by atoms with E-state index < -0.39 is 65.5 Å². The molecule has 0 spiro atoms. The summed E-state index contributed by atoms with van der Waals surface area (Å²) >= 11 is 0. The quantitative estimate of drug-likeness (QED) is 0.260. The highest BCUT2D eigenvalue weighted by Gasteiger charge is 2.44. The standard InChI is InChI=1S/C19H16F6N2O6/c1-9-13(16(28)32-7-18(20,21)22)15(11-4-3-5-12(6-11)27(30)31)14(10(2)26-9)17(29)33-8-19(23,24)25/h3-6,13,15H,7-8H2,1-2H3. The van der Waals surface area contributed by atoms with Crippen molar-refractivity contribution in [3.63, 3.8) is 0 Å². The van der Waals surface area contributed by atoms with Crippen LogP contribution in [0.1, 0.15) is 25.3 Å². The van der Waals surface area contributed by atoms with E-state index in [0.717, 1.165) is 12.1 Å². The molecule has 0 bridgehead atoms. The minimum atomic E-state index is -4.88. The molecule has 0 aromatic heterocycles. The fraction of sp³-hybridized carbons (Fsp3) is 0.421. The summed E-state index contributed by atoms with van der Waals surface area (Å²) in [6.45, 7) is -1.48. The number of carbonyl (C=O) groups is 2. The van der Waals surface area contributed by atoms with E-state index in [1.807, 2.05) is 0 Å². The number of ether oxygens (including phenoxy) is 2. The summed E-state index contributed by atoms with van der Waals surface area (Å²) in [6, 6.07) is 4.42. The van der Waals surface area contributed by atoms with Gasteiger partial charge in [-0.1, -0.05) is 12.1 Å². The van der Waals surface area contributed by atoms with Crippen LogP contribution in [-0.4, -0.2) is 48.1 Å². The Labute approximate surface area is 182 Å². The topological polar surface area (TPSA) is 108 Å². The predicted molar refractivity (Wildman–Crippen MR) is 99.2 cm³/mol. The van der Waals surface area contributed by atoms with Crippen LogP contribution in [0, 0.1) is 16.0 Å². The summed E-state index contributed by atoms with van der Waals surface area (Å²) in [5.41, 5.74) is -1.44. The summed E-state index contributed by atoms with van der Waals surface area (Å²) in [5, 5.41) is 11.2. The first-order valence-corrected chi connectivity index (χ1v) is 9.08. The molecule has 0 radical (unpaired) electrons. The van der Waals surface area contributed by atoms with Crippen LogP contribution in [0.3, 0.4) is 0 Å². The Kier molecular flexibility index (Phi) is 7.50. The number of nitro groups is 1. The summed E-state index contributed by atoms with van der Waals surface area (Å²) in [5.74, 6) is -6.25. The molecule has 1 heterocycles. The number of esters is 2. The van der Waals surface area contributed by atoms with E-state index in [-0.39, 0.29) is 17.0 Å². The molecule has 8 nitrogen and oxygen atoms in total. The van der Waals surface area contributed by atoms with Gasteiger partial charge in [0.1, 0.15) is 5.92 Å². The lowest BCUT2D eigenvalue weighted by Crippen LogP contribution is -2.38. The van der Waals surface area contributed by atoms with Crippen molar-refractivity contribution in [2.24, 2.45) is 10.9 Å². The van der Waals surface area contributed by atoms with E-state index in [9.17, 15) is 46.0 Å². The second-order valence-corrected chi connectivity index (χ2v) is 6.97. The first kappa shape index (κ1) is 25.8. The van der Waals surface area contributed by atoms with Gasteiger partial charge in [-0.15, -0.1) is 0 Å². The molecule has 33 heavy (non-hydrogen) atoms. The molecule has 0 saturated heterocycles. The number of hydrogen-bond donors (Lipinski definition) is 0. The summed E-state index contributed by atoms with van der Waals surface area (Å²) in [7, 11) is 0. The van der Waals surface area contributed by atoms with Crippen LogP contribution in [0.5, 0.6) is 0 Å². The first-order chi connectivity index (χ1) is 15.1. The average molecular weight is 482 g/mol. The maximum Gasteiger partial charge on any atom is 0.422 e. The molecule has 180 valence electrons. The number of alkyl halides is 6. The number of non-ortho nitro benzene ring substituents is 1. The number of nitro benzene ring substituents is 1. The number of halogens is 6. The van der Waals surface area contributed by atoms with Gasteiger partial charge in [0.2, 0.25) is 0 Å². The molecule has 0 saturated carbocycles. The second kappa shape index (κ2) is 9.58. The Hall–Kier alpha value is -3.45. The zero-order valence-corrected chi connectivity index (χ0v) is 17.0. The highest BCUT2D eigenvalue weighted by atomic mass is 19.4. The molecule has 1 aromatic carbocycles. The van der Waals surface area contributed by atoms with Gasteiger partial charge >= 0.3 is 24.3 Å². The molecule has 1 aromatic rings. The SMILES string of the molecule is CC1=NC(C)=C(C(=O)OCC(F)(F)F)C(c2cccc([N+](=O)[O-])c2)C1C(=O)OCC(F)(F)F. The second-order valence-electron chi connectivity index (χ2n) is 6.97. The molecule has 2 rings (SSSR count). The third kappa shape index (κ3) is 6.76. The van der Waals surface area contributed by atoms with Crippen molar-refractivity contribution in [1.29, 1.82) is 0 Å². The number of allylic oxidation sites excluding steroid dienone is 1. The largest absolute Gasteiger partial charge is 0.456 e. The van der Waals surface area contributed by atoms with Gasteiger partial charge in [0.25, 0.3) is 5.69 Å². The van der Waals surface area contributed by atoms with Crippen molar-refractivity contribution in [2.75, 3.05) is 13.2 Å². The Bertz CT molecular complexity index is 1010. The number of carbonyl (C=O) groups excluding carboxylic acids is 2. The van der Waals surface area contributed by atoms with E-state index >= 15 is 0 Å². The van der Waals surface area contributed by atoms with Crippen molar-refractivity contribution in [1.82, 2.24) is 0 Å². The van der Waals surface area contributed by atoms with Crippen LogP contribution in [0.2, 0.25) is 0 Å². The molecule has 2 atom stereocenters. The number of hydrogen-bond acceptors (Lipinski definition) is 7. The Balaban J connectivity index is 2.58. The molecular weight excluding hydrogens is 466 g/mol. The van der Waals surface area contributed by atoms with Crippen LogP contribution in [0.4, 0.5) is 32.0 Å². The van der Waals surface area contributed by atoms with Gasteiger partial charge in [-0.25, -0.2) is 4.79 Å². The van der Waals surface area contributed by atoms with Gasteiger partial charge in [-0.05, 0) is 19.4 Å². The van der Waals surface area contributed by atoms with Gasteiger partial charge in [0, 0.05) is 29.5 Å². The maximum absolute atomic E-state index is 12.6. The summed E-state index contributed by atoms with van der Waals surface area (Å²) < 4.78 is 83.8. The van der Waals surface area contributed by atoms with E-state index in [4.69, 9.17) is 0 Å². The molecule has 0 aliphatic carbocycles. The molecule has 0 amide bonds. The lowest BCUT2D eigenvalue weighted by Gasteiger charge is -2.31. The minimum absolute atomic E-state index is 0.106. The fourth-order valence-corrected chi connectivity index (χ4v) is 3.27. The molecule has 0 fully saturated rings. The lowest BCUT2D eigenvalue weighted by atomic mass is 9.75. The first-order valence-electron chi connectivity index (χ1n) is 9.08. The molecule has 14 heteroatoms. The average Bonchev–Trinajstić information content (AvgIpc) is 2.68. The van der Waals surface area contributed by atoms with Crippen LogP contribution < -0.4 is 0 Å². The normalized spacial score (nSPS) is 19.1. The Morgan fingerprint density at radius 1 is 1.06 bits per heavy atom. The molecule has 1 aliphatic rings. The maximum atomic E-state index is 12.6. The van der Waals surface area contributed by atoms with Gasteiger partial charge in [0.05, 0.1) is 10.5 Å². The van der Waals surface area contributed by atoms with Crippen molar-refractivity contribution in [3.8, 4) is 0 Å². The van der Waals surface area contributed by atoms with Crippen LogP contribution in [0.15, 0.2) is 40.5 Å². The van der Waals surface area contributed by atoms with Crippen LogP contribution >= 0.6 is 0 Å². The molecule has 0 N–H and O–H groups in total. The number of rotatable bonds is 6. The van der Waals surface area contributed by atoms with Crippen molar-refractivity contribution in [3.05, 3.63) is 51.2 Å². The van der Waals surface area contributed by atoms with E-state index in [2.05, 4.69) is 14.5 Å². The third-order valence-corrected chi connectivity index (χ3v) is 4.49. The number of benzene rings is 1.